The highest BCUT2D eigenvalue weighted by Crippen LogP contribution is 2.34. The second-order valence-corrected chi connectivity index (χ2v) is 9.66. The molecule has 1 atom stereocenters. The Morgan fingerprint density at radius 1 is 1.03 bits per heavy atom. The van der Waals surface area contributed by atoms with Crippen LogP contribution in [0, 0.1) is 0 Å². The van der Waals surface area contributed by atoms with Crippen LogP contribution in [-0.4, -0.2) is 55.1 Å². The quantitative estimate of drug-likeness (QED) is 0.485. The Labute approximate surface area is 175 Å². The summed E-state index contributed by atoms with van der Waals surface area (Å²) >= 11 is 0. The van der Waals surface area contributed by atoms with Crippen molar-refractivity contribution in [3.05, 3.63) is 42.0 Å². The van der Waals surface area contributed by atoms with E-state index in [0.717, 1.165) is 10.9 Å². The Hall–Kier alpha value is -2.05. The van der Waals surface area contributed by atoms with E-state index in [4.69, 9.17) is 9.47 Å². The highest BCUT2D eigenvalue weighted by Gasteiger charge is 2.29. The van der Waals surface area contributed by atoms with E-state index in [2.05, 4.69) is 30.3 Å². The van der Waals surface area contributed by atoms with Crippen molar-refractivity contribution in [2.24, 2.45) is 0 Å². The normalized spacial score (nSPS) is 15.6. The summed E-state index contributed by atoms with van der Waals surface area (Å²) in [5, 5.41) is 2.43. The molecule has 6 heteroatoms. The van der Waals surface area contributed by atoms with Crippen molar-refractivity contribution in [3.63, 3.8) is 0 Å². The predicted octanol–water partition coefficient (Wildman–Crippen LogP) is 3.71. The molecule has 0 radical (unpaired) electrons. The number of hydrogen-bond acceptors (Lipinski definition) is 5. The monoisotopic (exact) mass is 416 g/mol. The summed E-state index contributed by atoms with van der Waals surface area (Å²) in [6.07, 6.45) is 2.27. The zero-order valence-corrected chi connectivity index (χ0v) is 18.3. The summed E-state index contributed by atoms with van der Waals surface area (Å²) in [6.45, 7) is 4.11. The molecule has 5 nitrogen and oxygen atoms in total. The summed E-state index contributed by atoms with van der Waals surface area (Å²) in [6, 6.07) is 12.8. The number of rotatable bonds is 8. The van der Waals surface area contributed by atoms with E-state index in [9.17, 15) is 9.59 Å². The number of ether oxygens (including phenoxy) is 2. The second-order valence-electron chi connectivity index (χ2n) is 7.42. The van der Waals surface area contributed by atoms with Gasteiger partial charge in [0, 0.05) is 21.8 Å². The number of likely N-dealkylation sites (N-methyl/N-ethyl adjacent to an activating group) is 1. The molecule has 1 aliphatic rings. The minimum atomic E-state index is -0.357. The first-order chi connectivity index (χ1) is 14.0. The molecule has 0 N–H and O–H groups in total. The molecule has 29 heavy (non-hydrogen) atoms. The molecule has 0 bridgehead atoms. The Morgan fingerprint density at radius 3 is 2.38 bits per heavy atom. The number of nitrogens with zero attached hydrogens (tertiary/aromatic N) is 1. The van der Waals surface area contributed by atoms with E-state index in [1.807, 2.05) is 13.0 Å². The highest BCUT2D eigenvalue weighted by molar-refractivity contribution is 7.97. The van der Waals surface area contributed by atoms with Gasteiger partial charge in [-0.05, 0) is 57.3 Å². The van der Waals surface area contributed by atoms with Gasteiger partial charge in [-0.1, -0.05) is 18.2 Å². The van der Waals surface area contributed by atoms with Crippen molar-refractivity contribution in [1.29, 1.82) is 0 Å². The van der Waals surface area contributed by atoms with Crippen molar-refractivity contribution in [1.82, 2.24) is 4.90 Å². The number of benzene rings is 2. The molecule has 1 fully saturated rings. The molecule has 0 saturated carbocycles. The summed E-state index contributed by atoms with van der Waals surface area (Å²) in [5.74, 6) is 1.86. The molecule has 1 aliphatic heterocycles. The maximum atomic E-state index is 12.4. The maximum Gasteiger partial charge on any atom is 0.320 e. The van der Waals surface area contributed by atoms with Crippen LogP contribution < -0.4 is 0 Å². The average Bonchev–Trinajstić information content (AvgIpc) is 3.21. The molecule has 156 valence electrons. The molecule has 1 saturated heterocycles. The summed E-state index contributed by atoms with van der Waals surface area (Å²) in [5.41, 5.74) is 1.02. The lowest BCUT2D eigenvalue weighted by molar-refractivity contribution is -0.151. The van der Waals surface area contributed by atoms with Gasteiger partial charge in [0.15, 0.2) is 4.90 Å². The summed E-state index contributed by atoms with van der Waals surface area (Å²) in [4.78, 5) is 27.0. The van der Waals surface area contributed by atoms with E-state index in [1.165, 1.54) is 34.6 Å². The van der Waals surface area contributed by atoms with Crippen LogP contribution in [0.2, 0.25) is 0 Å². The lowest BCUT2D eigenvalue weighted by atomic mass is 10.0. The lowest BCUT2D eigenvalue weighted by Gasteiger charge is -2.19. The van der Waals surface area contributed by atoms with Crippen molar-refractivity contribution >= 4 is 33.6 Å². The standard InChI is InChI=1S/C23H30NO4S/c1-4-27-22(25)15-24(3)16-23(26)28-17(2)18-11-12-21(29-13-7-8-14-29)20-10-6-5-9-19(18)20/h5-6,9-12,17H,4,7-8,13-16H2,1-3H3/q+1. The minimum Gasteiger partial charge on any atom is -0.465 e. The first-order valence-corrected chi connectivity index (χ1v) is 11.8. The second kappa shape index (κ2) is 10.1. The topological polar surface area (TPSA) is 55.8 Å². The number of fused-ring (bicyclic) bond motifs is 1. The lowest BCUT2D eigenvalue weighted by Crippen LogP contribution is -2.33. The molecule has 1 unspecified atom stereocenters. The van der Waals surface area contributed by atoms with Gasteiger partial charge >= 0.3 is 11.9 Å². The van der Waals surface area contributed by atoms with E-state index in [1.54, 1.807) is 18.9 Å². The van der Waals surface area contributed by atoms with Crippen LogP contribution in [-0.2, 0) is 30.0 Å². The van der Waals surface area contributed by atoms with Crippen LogP contribution in [0.4, 0.5) is 0 Å². The van der Waals surface area contributed by atoms with E-state index < -0.39 is 0 Å². The molecule has 0 spiro atoms. The molecule has 0 aliphatic carbocycles. The van der Waals surface area contributed by atoms with Crippen LogP contribution >= 0.6 is 0 Å². The van der Waals surface area contributed by atoms with Crippen LogP contribution in [0.3, 0.4) is 0 Å². The van der Waals surface area contributed by atoms with Gasteiger partial charge in [0.2, 0.25) is 0 Å². The smallest absolute Gasteiger partial charge is 0.320 e. The Bertz CT molecular complexity index is 863. The zero-order valence-electron chi connectivity index (χ0n) is 17.5. The SMILES string of the molecule is CCOC(=O)CN(C)CC(=O)OC(C)c1ccc([S+]2CCCC2)c2ccccc12. The molecular weight excluding hydrogens is 386 g/mol. The van der Waals surface area contributed by atoms with Crippen LogP contribution in [0.1, 0.15) is 38.4 Å². The molecule has 2 aromatic rings. The molecule has 2 aromatic carbocycles. The van der Waals surface area contributed by atoms with Crippen molar-refractivity contribution in [2.75, 3.05) is 38.2 Å². The van der Waals surface area contributed by atoms with E-state index in [-0.39, 0.29) is 31.1 Å². The van der Waals surface area contributed by atoms with Crippen LogP contribution in [0.5, 0.6) is 0 Å². The first kappa shape index (κ1) is 21.7. The van der Waals surface area contributed by atoms with Crippen molar-refractivity contribution < 1.29 is 19.1 Å². The van der Waals surface area contributed by atoms with Gasteiger partial charge in [0.1, 0.15) is 17.6 Å². The van der Waals surface area contributed by atoms with Gasteiger partial charge in [0.25, 0.3) is 0 Å². The summed E-state index contributed by atoms with van der Waals surface area (Å²) < 4.78 is 10.6. The molecule has 0 amide bonds. The third-order valence-electron chi connectivity index (χ3n) is 5.11. The Morgan fingerprint density at radius 2 is 1.69 bits per heavy atom. The van der Waals surface area contributed by atoms with Crippen LogP contribution in [0.15, 0.2) is 41.3 Å². The number of carbonyl (C=O) groups excluding carboxylic acids is 2. The van der Waals surface area contributed by atoms with Gasteiger partial charge in [-0.25, -0.2) is 0 Å². The fourth-order valence-electron chi connectivity index (χ4n) is 3.78. The number of carbonyl (C=O) groups is 2. The van der Waals surface area contributed by atoms with Gasteiger partial charge < -0.3 is 9.47 Å². The Balaban J connectivity index is 1.71. The molecule has 3 rings (SSSR count). The zero-order chi connectivity index (χ0) is 20.8. The van der Waals surface area contributed by atoms with Gasteiger partial charge in [-0.2, -0.15) is 0 Å². The molecular formula is C23H30NO4S+. The minimum absolute atomic E-state index is 0.0443. The van der Waals surface area contributed by atoms with E-state index >= 15 is 0 Å². The average molecular weight is 417 g/mol. The van der Waals surface area contributed by atoms with Crippen molar-refractivity contribution in [2.45, 2.75) is 37.7 Å². The van der Waals surface area contributed by atoms with Gasteiger partial charge in [0.05, 0.1) is 19.7 Å². The van der Waals surface area contributed by atoms with Gasteiger partial charge in [-0.3, -0.25) is 14.5 Å². The number of esters is 2. The fraction of sp³-hybridized carbons (Fsp3) is 0.478. The number of hydrogen-bond donors (Lipinski definition) is 0. The fourth-order valence-corrected chi connectivity index (χ4v) is 6.28. The van der Waals surface area contributed by atoms with Crippen LogP contribution in [0.25, 0.3) is 10.8 Å². The predicted molar refractivity (Wildman–Crippen MR) is 117 cm³/mol. The van der Waals surface area contributed by atoms with Gasteiger partial charge in [-0.15, -0.1) is 0 Å². The summed E-state index contributed by atoms with van der Waals surface area (Å²) in [7, 11) is 2.03. The third kappa shape index (κ3) is 5.52. The Kier molecular flexibility index (Phi) is 7.56. The third-order valence-corrected chi connectivity index (χ3v) is 7.65. The molecule has 0 aromatic heterocycles. The van der Waals surface area contributed by atoms with E-state index in [0.29, 0.717) is 17.5 Å². The molecule has 1 heterocycles. The van der Waals surface area contributed by atoms with Crippen molar-refractivity contribution in [3.8, 4) is 0 Å². The largest absolute Gasteiger partial charge is 0.465 e. The highest BCUT2D eigenvalue weighted by atomic mass is 32.2. The maximum absolute atomic E-state index is 12.4. The first-order valence-electron chi connectivity index (χ1n) is 10.2.